The summed E-state index contributed by atoms with van der Waals surface area (Å²) in [6.45, 7) is 1.02. The lowest BCUT2D eigenvalue weighted by atomic mass is 10.1. The Balaban J connectivity index is 1.51. The average Bonchev–Trinajstić information content (AvgIpc) is 3.12. The molecule has 3 heterocycles. The molecule has 1 aliphatic heterocycles. The van der Waals surface area contributed by atoms with Crippen molar-refractivity contribution in [1.29, 1.82) is 0 Å². The van der Waals surface area contributed by atoms with Gasteiger partial charge in [-0.15, -0.1) is 0 Å². The fourth-order valence-electron chi connectivity index (χ4n) is 3.89. The van der Waals surface area contributed by atoms with Crippen molar-refractivity contribution in [3.05, 3.63) is 56.0 Å². The summed E-state index contributed by atoms with van der Waals surface area (Å²) >= 11 is 6.17. The summed E-state index contributed by atoms with van der Waals surface area (Å²) in [5.74, 6) is -0.323. The van der Waals surface area contributed by atoms with Crippen LogP contribution in [0.2, 0.25) is 5.28 Å². The number of anilines is 1. The van der Waals surface area contributed by atoms with Crippen molar-refractivity contribution in [2.24, 2.45) is 14.1 Å². The Bertz CT molecular complexity index is 1350. The quantitative estimate of drug-likeness (QED) is 0.525. The number of aryl methyl sites for hydroxylation is 1. The van der Waals surface area contributed by atoms with Gasteiger partial charge in [-0.3, -0.25) is 23.3 Å². The molecule has 0 atom stereocenters. The highest BCUT2D eigenvalue weighted by atomic mass is 35.5. The van der Waals surface area contributed by atoms with Crippen molar-refractivity contribution in [2.45, 2.75) is 12.7 Å². The van der Waals surface area contributed by atoms with E-state index in [0.29, 0.717) is 18.8 Å². The highest BCUT2D eigenvalue weighted by Crippen LogP contribution is 2.32. The first-order valence-electron chi connectivity index (χ1n) is 10.0. The standard InChI is InChI=1S/C20H20ClF3N6O3/c1-26-16-15(17(32)27(2)19(26)33)30(18(21)25-16)11-14(31)29-8-6-28(7-9-29)13-5-3-4-12(10-13)20(22,23)24/h3-5,10H,6-9,11H2,1-2H3. The Hall–Kier alpha value is -3.28. The van der Waals surface area contributed by atoms with E-state index in [0.717, 1.165) is 16.7 Å². The van der Waals surface area contributed by atoms with Crippen LogP contribution in [0.4, 0.5) is 18.9 Å². The van der Waals surface area contributed by atoms with Gasteiger partial charge < -0.3 is 9.80 Å². The number of hydrogen-bond donors (Lipinski definition) is 0. The molecular weight excluding hydrogens is 465 g/mol. The zero-order valence-corrected chi connectivity index (χ0v) is 18.5. The van der Waals surface area contributed by atoms with Crippen molar-refractivity contribution in [2.75, 3.05) is 31.1 Å². The van der Waals surface area contributed by atoms with Gasteiger partial charge in [0.15, 0.2) is 11.2 Å². The molecule has 0 saturated carbocycles. The van der Waals surface area contributed by atoms with Gasteiger partial charge in [0.25, 0.3) is 5.56 Å². The fourth-order valence-corrected chi connectivity index (χ4v) is 4.12. The number of alkyl halides is 3. The third-order valence-corrected chi connectivity index (χ3v) is 6.05. The Morgan fingerprint density at radius 1 is 1.09 bits per heavy atom. The van der Waals surface area contributed by atoms with Gasteiger partial charge in [0, 0.05) is 46.0 Å². The van der Waals surface area contributed by atoms with Gasteiger partial charge in [-0.1, -0.05) is 6.07 Å². The zero-order valence-electron chi connectivity index (χ0n) is 17.8. The smallest absolute Gasteiger partial charge is 0.368 e. The van der Waals surface area contributed by atoms with E-state index in [2.05, 4.69) is 4.98 Å². The number of carbonyl (C=O) groups excluding carboxylic acids is 1. The lowest BCUT2D eigenvalue weighted by Crippen LogP contribution is -2.49. The van der Waals surface area contributed by atoms with Crippen LogP contribution in [-0.4, -0.2) is 55.7 Å². The van der Waals surface area contributed by atoms with E-state index >= 15 is 0 Å². The molecule has 1 aliphatic rings. The van der Waals surface area contributed by atoms with Gasteiger partial charge in [-0.05, 0) is 29.8 Å². The van der Waals surface area contributed by atoms with Crippen LogP contribution in [0, 0.1) is 0 Å². The van der Waals surface area contributed by atoms with Crippen LogP contribution < -0.4 is 16.1 Å². The lowest BCUT2D eigenvalue weighted by Gasteiger charge is -2.36. The number of nitrogens with zero attached hydrogens (tertiary/aromatic N) is 6. The molecule has 0 spiro atoms. The summed E-state index contributed by atoms with van der Waals surface area (Å²) < 4.78 is 42.3. The second-order valence-corrected chi connectivity index (χ2v) is 8.10. The first kappa shape index (κ1) is 22.9. The minimum Gasteiger partial charge on any atom is -0.368 e. The summed E-state index contributed by atoms with van der Waals surface area (Å²) in [5, 5.41) is -0.0979. The summed E-state index contributed by atoms with van der Waals surface area (Å²) in [6, 6.07) is 5.07. The van der Waals surface area contributed by atoms with Crippen LogP contribution in [0.5, 0.6) is 0 Å². The molecule has 33 heavy (non-hydrogen) atoms. The fraction of sp³-hybridized carbons (Fsp3) is 0.400. The molecule has 0 bridgehead atoms. The number of hydrogen-bond acceptors (Lipinski definition) is 5. The van der Waals surface area contributed by atoms with E-state index in [1.807, 2.05) is 0 Å². The summed E-state index contributed by atoms with van der Waals surface area (Å²) in [5.41, 5.74) is -1.35. The number of aromatic nitrogens is 4. The van der Waals surface area contributed by atoms with E-state index < -0.39 is 23.0 Å². The van der Waals surface area contributed by atoms with Crippen molar-refractivity contribution in [3.8, 4) is 0 Å². The maximum atomic E-state index is 13.0. The molecule has 13 heteroatoms. The van der Waals surface area contributed by atoms with Crippen LogP contribution in [0.25, 0.3) is 11.2 Å². The number of amides is 1. The predicted molar refractivity (Wildman–Crippen MR) is 115 cm³/mol. The van der Waals surface area contributed by atoms with Gasteiger partial charge in [0.05, 0.1) is 5.56 Å². The van der Waals surface area contributed by atoms with Crippen LogP contribution in [-0.2, 0) is 31.6 Å². The van der Waals surface area contributed by atoms with E-state index in [1.54, 1.807) is 15.9 Å². The van der Waals surface area contributed by atoms with Gasteiger partial charge in [-0.2, -0.15) is 18.2 Å². The molecule has 1 aromatic carbocycles. The largest absolute Gasteiger partial charge is 0.416 e. The van der Waals surface area contributed by atoms with Gasteiger partial charge in [0.2, 0.25) is 11.2 Å². The first-order chi connectivity index (χ1) is 15.5. The van der Waals surface area contributed by atoms with Gasteiger partial charge in [0.1, 0.15) is 6.54 Å². The SMILES string of the molecule is Cn1c(=O)c2c(nc(Cl)n2CC(=O)N2CCN(c3cccc(C(F)(F)F)c3)CC2)n(C)c1=O. The van der Waals surface area contributed by atoms with Crippen LogP contribution in [0.1, 0.15) is 5.56 Å². The predicted octanol–water partition coefficient (Wildman–Crippen LogP) is 1.45. The van der Waals surface area contributed by atoms with Crippen molar-refractivity contribution in [3.63, 3.8) is 0 Å². The third-order valence-electron chi connectivity index (χ3n) is 5.77. The molecule has 9 nitrogen and oxygen atoms in total. The summed E-state index contributed by atoms with van der Waals surface area (Å²) in [7, 11) is 2.77. The molecule has 2 aromatic heterocycles. The number of imidazole rings is 1. The number of fused-ring (bicyclic) bond motifs is 1. The number of benzene rings is 1. The van der Waals surface area contributed by atoms with Crippen LogP contribution >= 0.6 is 11.6 Å². The molecule has 3 aromatic rings. The van der Waals surface area contributed by atoms with Gasteiger partial charge in [-0.25, -0.2) is 4.79 Å². The maximum Gasteiger partial charge on any atom is 0.416 e. The summed E-state index contributed by atoms with van der Waals surface area (Å²) in [4.78, 5) is 45.0. The molecule has 0 unspecified atom stereocenters. The first-order valence-corrected chi connectivity index (χ1v) is 10.4. The highest BCUT2D eigenvalue weighted by molar-refractivity contribution is 6.29. The second kappa shape index (κ2) is 8.25. The van der Waals surface area contributed by atoms with Crippen LogP contribution in [0.15, 0.2) is 33.9 Å². The average molecular weight is 485 g/mol. The minimum absolute atomic E-state index is 0.0422. The van der Waals surface area contributed by atoms with E-state index in [-0.39, 0.29) is 42.0 Å². The summed E-state index contributed by atoms with van der Waals surface area (Å²) in [6.07, 6.45) is -4.43. The Kier molecular flexibility index (Phi) is 5.72. The third kappa shape index (κ3) is 4.10. The monoisotopic (exact) mass is 484 g/mol. The molecule has 1 fully saturated rings. The Labute approximate surface area is 190 Å². The highest BCUT2D eigenvalue weighted by Gasteiger charge is 2.31. The van der Waals surface area contributed by atoms with Crippen molar-refractivity contribution in [1.82, 2.24) is 23.6 Å². The van der Waals surface area contributed by atoms with E-state index in [1.165, 1.54) is 29.3 Å². The number of carbonyl (C=O) groups is 1. The number of rotatable bonds is 3. The topological polar surface area (TPSA) is 85.4 Å². The number of piperazine rings is 1. The zero-order chi connectivity index (χ0) is 24.1. The molecular formula is C20H20ClF3N6O3. The molecule has 1 saturated heterocycles. The Morgan fingerprint density at radius 3 is 2.39 bits per heavy atom. The van der Waals surface area contributed by atoms with Crippen molar-refractivity contribution < 1.29 is 18.0 Å². The maximum absolute atomic E-state index is 13.0. The van der Waals surface area contributed by atoms with Gasteiger partial charge >= 0.3 is 11.9 Å². The molecule has 1 amide bonds. The molecule has 4 rings (SSSR count). The van der Waals surface area contributed by atoms with E-state index in [4.69, 9.17) is 11.6 Å². The normalized spacial score (nSPS) is 14.8. The second-order valence-electron chi connectivity index (χ2n) is 7.76. The van der Waals surface area contributed by atoms with E-state index in [9.17, 15) is 27.6 Å². The van der Waals surface area contributed by atoms with Crippen LogP contribution in [0.3, 0.4) is 0 Å². The lowest BCUT2D eigenvalue weighted by molar-refractivity contribution is -0.137. The molecule has 0 aliphatic carbocycles. The molecule has 0 N–H and O–H groups in total. The number of halogens is 4. The minimum atomic E-state index is -4.43. The molecule has 0 radical (unpaired) electrons. The van der Waals surface area contributed by atoms with Crippen molar-refractivity contribution >= 4 is 34.4 Å². The molecule has 176 valence electrons. The Morgan fingerprint density at radius 2 is 1.76 bits per heavy atom.